The van der Waals surface area contributed by atoms with E-state index in [0.29, 0.717) is 11.4 Å². The average Bonchev–Trinajstić information content (AvgIpc) is 3.19. The quantitative estimate of drug-likeness (QED) is 0.460. The molecule has 3 amide bonds. The minimum absolute atomic E-state index is 0.124. The van der Waals surface area contributed by atoms with Crippen molar-refractivity contribution in [3.63, 3.8) is 0 Å². The van der Waals surface area contributed by atoms with Crippen LogP contribution >= 0.6 is 15.9 Å². The third-order valence-electron chi connectivity index (χ3n) is 5.61. The molecule has 0 unspecified atom stereocenters. The molecule has 1 aliphatic heterocycles. The summed E-state index contributed by atoms with van der Waals surface area (Å²) in [5, 5.41) is 14.9. The molecule has 0 bridgehead atoms. The Labute approximate surface area is 207 Å². The van der Waals surface area contributed by atoms with Crippen molar-refractivity contribution in [3.8, 4) is 5.75 Å². The third-order valence-corrected chi connectivity index (χ3v) is 6.07. The summed E-state index contributed by atoms with van der Waals surface area (Å²) in [7, 11) is 0. The maximum atomic E-state index is 12.5. The van der Waals surface area contributed by atoms with Crippen molar-refractivity contribution < 1.29 is 24.2 Å². The summed E-state index contributed by atoms with van der Waals surface area (Å²) in [6.45, 7) is 5.85. The number of halogens is 1. The Morgan fingerprint density at radius 1 is 1.26 bits per heavy atom. The lowest BCUT2D eigenvalue weighted by atomic mass is 10.1. The molecule has 8 nitrogen and oxygen atoms in total. The van der Waals surface area contributed by atoms with Gasteiger partial charge in [0.05, 0.1) is 12.0 Å². The molecule has 34 heavy (non-hydrogen) atoms. The minimum atomic E-state index is -0.639. The summed E-state index contributed by atoms with van der Waals surface area (Å²) in [6.07, 6.45) is 0.273. The first kappa shape index (κ1) is 25.7. The van der Waals surface area contributed by atoms with E-state index in [9.17, 15) is 19.5 Å². The number of nitrogens with one attached hydrogen (secondary N) is 2. The molecule has 3 N–H and O–H groups in total. The summed E-state index contributed by atoms with van der Waals surface area (Å²) < 4.78 is 6.59. The van der Waals surface area contributed by atoms with Crippen LogP contribution in [-0.2, 0) is 20.8 Å². The van der Waals surface area contributed by atoms with Gasteiger partial charge in [-0.3, -0.25) is 14.4 Å². The number of hydrogen-bond donors (Lipinski definition) is 3. The summed E-state index contributed by atoms with van der Waals surface area (Å²) in [6, 6.07) is 10.8. The maximum Gasteiger partial charge on any atom is 0.262 e. The lowest BCUT2D eigenvalue weighted by Crippen LogP contribution is -2.36. The van der Waals surface area contributed by atoms with Gasteiger partial charge in [0.15, 0.2) is 6.61 Å². The highest BCUT2D eigenvalue weighted by atomic mass is 79.9. The molecule has 1 heterocycles. The number of carbonyl (C=O) groups excluding carboxylic acids is 3. The molecule has 3 rings (SSSR count). The van der Waals surface area contributed by atoms with Gasteiger partial charge in [0.2, 0.25) is 11.8 Å². The number of anilines is 2. The molecule has 1 aliphatic rings. The van der Waals surface area contributed by atoms with Gasteiger partial charge >= 0.3 is 0 Å². The molecule has 182 valence electrons. The van der Waals surface area contributed by atoms with Crippen molar-refractivity contribution in [3.05, 3.63) is 52.0 Å². The molecule has 2 aromatic carbocycles. The third kappa shape index (κ3) is 6.57. The standard InChI is InChI=1S/C25H30BrN3O5/c1-4-17-10-19(26)9-15(2)24(17)28-22(31)14-34-21-7-5-20(6-8-21)29-13-18(11-23(29)32)25(33)27-12-16(3)30/h5-10,16,18,30H,4,11-14H2,1-3H3,(H,27,33)(H,28,31)/t16-,18-/m0/s1. The Hall–Kier alpha value is -2.91. The fourth-order valence-corrected chi connectivity index (χ4v) is 4.46. The zero-order valence-corrected chi connectivity index (χ0v) is 21.1. The molecule has 0 spiro atoms. The van der Waals surface area contributed by atoms with E-state index in [1.165, 1.54) is 0 Å². The highest BCUT2D eigenvalue weighted by molar-refractivity contribution is 9.10. The first-order valence-corrected chi connectivity index (χ1v) is 12.0. The molecule has 9 heteroatoms. The number of aliphatic hydroxyl groups is 1. The monoisotopic (exact) mass is 531 g/mol. The van der Waals surface area contributed by atoms with Crippen molar-refractivity contribution in [1.29, 1.82) is 0 Å². The van der Waals surface area contributed by atoms with E-state index >= 15 is 0 Å². The lowest BCUT2D eigenvalue weighted by molar-refractivity contribution is -0.126. The van der Waals surface area contributed by atoms with Crippen LogP contribution in [-0.4, -0.2) is 48.6 Å². The van der Waals surface area contributed by atoms with E-state index < -0.39 is 12.0 Å². The first-order chi connectivity index (χ1) is 16.2. The normalized spacial score (nSPS) is 16.3. The van der Waals surface area contributed by atoms with Crippen LogP contribution in [0.1, 0.15) is 31.4 Å². The molecule has 1 saturated heterocycles. The fraction of sp³-hybridized carbons (Fsp3) is 0.400. The zero-order valence-electron chi connectivity index (χ0n) is 19.6. The van der Waals surface area contributed by atoms with Crippen LogP contribution in [0.4, 0.5) is 11.4 Å². The molecule has 0 saturated carbocycles. The van der Waals surface area contributed by atoms with Gasteiger partial charge < -0.3 is 25.4 Å². The Bertz CT molecular complexity index is 1060. The number of aliphatic hydroxyl groups excluding tert-OH is 1. The Morgan fingerprint density at radius 3 is 2.62 bits per heavy atom. The second-order valence-corrected chi connectivity index (χ2v) is 9.36. The number of hydrogen-bond acceptors (Lipinski definition) is 5. The van der Waals surface area contributed by atoms with Crippen LogP contribution in [0, 0.1) is 12.8 Å². The molecular formula is C25H30BrN3O5. The van der Waals surface area contributed by atoms with E-state index in [4.69, 9.17) is 4.74 Å². The van der Waals surface area contributed by atoms with Gasteiger partial charge in [0.1, 0.15) is 5.75 Å². The Balaban J connectivity index is 1.55. The SMILES string of the molecule is CCc1cc(Br)cc(C)c1NC(=O)COc1ccc(N2C[C@@H](C(=O)NC[C@H](C)O)CC2=O)cc1. The summed E-state index contributed by atoms with van der Waals surface area (Å²) in [5.74, 6) is -0.595. The number of rotatable bonds is 9. The van der Waals surface area contributed by atoms with Crippen LogP contribution in [0.3, 0.4) is 0 Å². The van der Waals surface area contributed by atoms with E-state index in [1.54, 1.807) is 36.1 Å². The second-order valence-electron chi connectivity index (χ2n) is 8.44. The largest absolute Gasteiger partial charge is 0.484 e. The molecule has 1 fully saturated rings. The minimum Gasteiger partial charge on any atom is -0.484 e. The molecule has 0 aromatic heterocycles. The summed E-state index contributed by atoms with van der Waals surface area (Å²) in [5.41, 5.74) is 3.47. The second kappa shape index (κ2) is 11.5. The first-order valence-electron chi connectivity index (χ1n) is 11.3. The highest BCUT2D eigenvalue weighted by Crippen LogP contribution is 2.28. The van der Waals surface area contributed by atoms with Gasteiger partial charge in [-0.05, 0) is 67.8 Å². The van der Waals surface area contributed by atoms with Crippen LogP contribution in [0.2, 0.25) is 0 Å². The van der Waals surface area contributed by atoms with Gasteiger partial charge in [0.25, 0.3) is 5.91 Å². The number of benzene rings is 2. The van der Waals surface area contributed by atoms with Crippen LogP contribution in [0.15, 0.2) is 40.9 Å². The topological polar surface area (TPSA) is 108 Å². The number of carbonyl (C=O) groups is 3. The number of ether oxygens (including phenoxy) is 1. The van der Waals surface area contributed by atoms with Gasteiger partial charge in [0, 0.05) is 35.4 Å². The fourth-order valence-electron chi connectivity index (χ4n) is 3.84. The average molecular weight is 532 g/mol. The van der Waals surface area contributed by atoms with Crippen molar-refractivity contribution in [2.24, 2.45) is 5.92 Å². The predicted octanol–water partition coefficient (Wildman–Crippen LogP) is 3.19. The van der Waals surface area contributed by atoms with E-state index in [1.807, 2.05) is 26.0 Å². The number of amides is 3. The van der Waals surface area contributed by atoms with Gasteiger partial charge in [-0.25, -0.2) is 0 Å². The smallest absolute Gasteiger partial charge is 0.262 e. The maximum absolute atomic E-state index is 12.5. The van der Waals surface area contributed by atoms with E-state index in [0.717, 1.165) is 27.7 Å². The molecule has 2 atom stereocenters. The van der Waals surface area contributed by atoms with Crippen molar-refractivity contribution >= 4 is 45.0 Å². The Morgan fingerprint density at radius 2 is 1.97 bits per heavy atom. The van der Waals surface area contributed by atoms with Gasteiger partial charge in [-0.15, -0.1) is 0 Å². The predicted molar refractivity (Wildman–Crippen MR) is 134 cm³/mol. The van der Waals surface area contributed by atoms with E-state index in [-0.39, 0.29) is 43.8 Å². The molecule has 0 aliphatic carbocycles. The van der Waals surface area contributed by atoms with Crippen molar-refractivity contribution in [2.45, 2.75) is 39.7 Å². The van der Waals surface area contributed by atoms with Gasteiger partial charge in [-0.2, -0.15) is 0 Å². The van der Waals surface area contributed by atoms with Crippen molar-refractivity contribution in [2.75, 3.05) is 29.9 Å². The summed E-state index contributed by atoms with van der Waals surface area (Å²) in [4.78, 5) is 38.6. The molecular weight excluding hydrogens is 502 g/mol. The number of aryl methyl sites for hydroxylation is 2. The lowest BCUT2D eigenvalue weighted by Gasteiger charge is -2.18. The van der Waals surface area contributed by atoms with Crippen molar-refractivity contribution in [1.82, 2.24) is 5.32 Å². The van der Waals surface area contributed by atoms with Gasteiger partial charge in [-0.1, -0.05) is 22.9 Å². The van der Waals surface area contributed by atoms with E-state index in [2.05, 4.69) is 26.6 Å². The molecule has 0 radical (unpaired) electrons. The molecule has 2 aromatic rings. The number of nitrogens with zero attached hydrogens (tertiary/aromatic N) is 1. The van der Waals surface area contributed by atoms with Crippen LogP contribution in [0.5, 0.6) is 5.75 Å². The Kier molecular flexibility index (Phi) is 8.68. The highest BCUT2D eigenvalue weighted by Gasteiger charge is 2.35. The zero-order chi connectivity index (χ0) is 24.8. The summed E-state index contributed by atoms with van der Waals surface area (Å²) >= 11 is 3.48. The van der Waals surface area contributed by atoms with Crippen LogP contribution in [0.25, 0.3) is 0 Å². The van der Waals surface area contributed by atoms with Crippen LogP contribution < -0.4 is 20.3 Å².